The first-order valence-electron chi connectivity index (χ1n) is 10.9. The van der Waals surface area contributed by atoms with E-state index in [0.29, 0.717) is 41.8 Å². The molecule has 2 atom stereocenters. The molecule has 1 fully saturated rings. The molecule has 1 unspecified atom stereocenters. The van der Waals surface area contributed by atoms with Crippen LogP contribution in [0.25, 0.3) is 11.1 Å². The topological polar surface area (TPSA) is 79.0 Å². The summed E-state index contributed by atoms with van der Waals surface area (Å²) in [7, 11) is -2.52. The van der Waals surface area contributed by atoms with Gasteiger partial charge in [-0.15, -0.1) is 0 Å². The molecule has 33 heavy (non-hydrogen) atoms. The molecule has 0 spiro atoms. The number of sulfonamides is 1. The lowest BCUT2D eigenvalue weighted by Crippen LogP contribution is -2.60. The van der Waals surface area contributed by atoms with Crippen LogP contribution in [0, 0.1) is 5.82 Å². The number of nitrogens with one attached hydrogen (secondary N) is 1. The summed E-state index contributed by atoms with van der Waals surface area (Å²) < 4.78 is 61.1. The van der Waals surface area contributed by atoms with Gasteiger partial charge in [-0.2, -0.15) is 0 Å². The molecule has 2 aromatic carbocycles. The zero-order valence-corrected chi connectivity index (χ0v) is 19.2. The first-order chi connectivity index (χ1) is 15.8. The van der Waals surface area contributed by atoms with Crippen LogP contribution < -0.4 is 9.46 Å². The molecule has 2 bridgehead atoms. The summed E-state index contributed by atoms with van der Waals surface area (Å²) in [4.78, 5) is 16.3. The first kappa shape index (κ1) is 23.4. The second kappa shape index (κ2) is 9.64. The van der Waals surface area contributed by atoms with Crippen LogP contribution in [0.4, 0.5) is 13.6 Å². The van der Waals surface area contributed by atoms with Crippen LogP contribution >= 0.6 is 0 Å². The highest BCUT2D eigenvalue weighted by Crippen LogP contribution is 2.34. The predicted molar refractivity (Wildman–Crippen MR) is 121 cm³/mol. The van der Waals surface area contributed by atoms with Gasteiger partial charge < -0.3 is 14.5 Å². The van der Waals surface area contributed by atoms with Crippen LogP contribution in [0.2, 0.25) is 0 Å². The number of likely N-dealkylation sites (N-methyl/N-ethyl adjacent to an activating group) is 1. The maximum Gasteiger partial charge on any atom is 0.320 e. The Labute approximate surface area is 192 Å². The largest absolute Gasteiger partial charge is 0.491 e. The molecule has 1 saturated heterocycles. The number of hydrogen-bond donors (Lipinski definition) is 1. The van der Waals surface area contributed by atoms with Crippen molar-refractivity contribution < 1.29 is 26.7 Å². The van der Waals surface area contributed by atoms with Crippen molar-refractivity contribution in [2.75, 3.05) is 32.8 Å². The zero-order chi connectivity index (χ0) is 23.6. The number of benzene rings is 2. The molecule has 2 aliphatic rings. The van der Waals surface area contributed by atoms with Gasteiger partial charge in [-0.25, -0.2) is 26.7 Å². The Morgan fingerprint density at radius 1 is 1.12 bits per heavy atom. The number of rotatable bonds is 3. The summed E-state index contributed by atoms with van der Waals surface area (Å²) in [6, 6.07) is 8.90. The van der Waals surface area contributed by atoms with Crippen LogP contribution in [0.5, 0.6) is 5.75 Å². The van der Waals surface area contributed by atoms with Gasteiger partial charge in [0.15, 0.2) is 0 Å². The summed E-state index contributed by atoms with van der Waals surface area (Å²) >= 11 is 0. The van der Waals surface area contributed by atoms with Crippen molar-refractivity contribution in [3.05, 3.63) is 53.8 Å². The molecule has 0 saturated carbocycles. The molecule has 0 aromatic heterocycles. The van der Waals surface area contributed by atoms with Crippen molar-refractivity contribution in [3.63, 3.8) is 0 Å². The average Bonchev–Trinajstić information content (AvgIpc) is 2.81. The van der Waals surface area contributed by atoms with E-state index in [1.807, 2.05) is 0 Å². The smallest absolute Gasteiger partial charge is 0.320 e. The van der Waals surface area contributed by atoms with Gasteiger partial charge in [0.2, 0.25) is 16.0 Å². The molecule has 1 N–H and O–H groups in total. The Kier molecular flexibility index (Phi) is 6.85. The van der Waals surface area contributed by atoms with E-state index < -0.39 is 33.9 Å². The average molecular weight is 480 g/mol. The number of hydrogen-bond acceptors (Lipinski definition) is 4. The molecule has 2 heterocycles. The normalized spacial score (nSPS) is 21.7. The third kappa shape index (κ3) is 4.96. The van der Waals surface area contributed by atoms with Gasteiger partial charge in [-0.3, -0.25) is 0 Å². The predicted octanol–water partition coefficient (Wildman–Crippen LogP) is 3.16. The maximum absolute atomic E-state index is 15.7. The van der Waals surface area contributed by atoms with Crippen molar-refractivity contribution in [2.24, 2.45) is 0 Å². The van der Waals surface area contributed by atoms with E-state index in [9.17, 15) is 17.6 Å². The molecular weight excluding hydrogens is 452 g/mol. The Morgan fingerprint density at radius 2 is 1.88 bits per heavy atom. The zero-order valence-electron chi connectivity index (χ0n) is 18.3. The van der Waals surface area contributed by atoms with Gasteiger partial charge in [-0.1, -0.05) is 36.4 Å². The minimum absolute atomic E-state index is 0.0851. The Morgan fingerprint density at radius 3 is 2.67 bits per heavy atom. The number of piperidine rings is 1. The molecule has 2 amide bonds. The molecule has 7 nitrogen and oxygen atoms in total. The third-order valence-electron chi connectivity index (χ3n) is 6.20. The SMILES string of the molecule is CN1CCOc2ccccc2-c2cccc(c2F)CC2[C@@H](NS(=O)(=O)CF)CCCN2C1=O. The standard InChI is InChI=1S/C23H27F2N3O4S/c1-27-12-13-32-21-10-3-2-7-17(21)18-8-4-6-16(22(18)25)14-20-19(26-33(30,31)15-24)9-5-11-28(20)23(27)29/h2-4,6-8,10,19-20,26H,5,9,11-15H2,1H3/t19-,20?/m0/s1. The Balaban J connectivity index is 1.80. The van der Waals surface area contributed by atoms with Crippen molar-refractivity contribution in [2.45, 2.75) is 31.3 Å². The molecule has 4 rings (SSSR count). The molecule has 0 radical (unpaired) electrons. The Bertz CT molecular complexity index is 1130. The monoisotopic (exact) mass is 479 g/mol. The number of amides is 2. The van der Waals surface area contributed by atoms with Gasteiger partial charge in [0.25, 0.3) is 0 Å². The highest BCUT2D eigenvalue weighted by atomic mass is 32.2. The summed E-state index contributed by atoms with van der Waals surface area (Å²) in [6.07, 6.45) is 1.05. The van der Waals surface area contributed by atoms with Crippen LogP contribution in [0.3, 0.4) is 0 Å². The summed E-state index contributed by atoms with van der Waals surface area (Å²) in [5.41, 5.74) is 1.31. The minimum Gasteiger partial charge on any atom is -0.491 e. The second-order valence-electron chi connectivity index (χ2n) is 8.38. The van der Waals surface area contributed by atoms with Crippen LogP contribution in [-0.4, -0.2) is 69.1 Å². The van der Waals surface area contributed by atoms with E-state index in [2.05, 4.69) is 4.72 Å². The highest BCUT2D eigenvalue weighted by Gasteiger charge is 2.38. The first-order valence-corrected chi connectivity index (χ1v) is 12.5. The number of nitrogens with zero attached hydrogens (tertiary/aromatic N) is 2. The van der Waals surface area contributed by atoms with Crippen LogP contribution in [0.1, 0.15) is 18.4 Å². The van der Waals surface area contributed by atoms with E-state index in [1.54, 1.807) is 54.4 Å². The fraction of sp³-hybridized carbons (Fsp3) is 0.435. The van der Waals surface area contributed by atoms with Gasteiger partial charge in [0.05, 0.1) is 12.6 Å². The summed E-state index contributed by atoms with van der Waals surface area (Å²) in [5.74, 6) is 0.0613. The van der Waals surface area contributed by atoms with E-state index in [-0.39, 0.29) is 25.6 Å². The summed E-state index contributed by atoms with van der Waals surface area (Å²) in [5, 5.41) is 0. The molecule has 2 aliphatic heterocycles. The van der Waals surface area contributed by atoms with Gasteiger partial charge in [0, 0.05) is 30.8 Å². The molecule has 178 valence electrons. The number of fused-ring (bicyclic) bond motifs is 5. The number of ether oxygens (including phenoxy) is 1. The molecule has 2 aromatic rings. The van der Waals surface area contributed by atoms with Crippen molar-refractivity contribution in [1.29, 1.82) is 0 Å². The molecular formula is C23H27F2N3O4S. The van der Waals surface area contributed by atoms with Gasteiger partial charge >= 0.3 is 6.03 Å². The van der Waals surface area contributed by atoms with E-state index in [0.717, 1.165) is 0 Å². The van der Waals surface area contributed by atoms with Gasteiger partial charge in [-0.05, 0) is 30.9 Å². The lowest BCUT2D eigenvalue weighted by Gasteiger charge is -2.43. The van der Waals surface area contributed by atoms with Crippen molar-refractivity contribution >= 4 is 16.1 Å². The lowest BCUT2D eigenvalue weighted by atomic mass is 9.90. The Hall–Kier alpha value is -2.72. The number of alkyl halides is 1. The minimum atomic E-state index is -4.16. The van der Waals surface area contributed by atoms with E-state index in [1.165, 1.54) is 4.90 Å². The third-order valence-corrected chi connectivity index (χ3v) is 7.14. The number of carbonyl (C=O) groups excluding carboxylic acids is 1. The summed E-state index contributed by atoms with van der Waals surface area (Å²) in [6.45, 7) is 0.887. The van der Waals surface area contributed by atoms with E-state index >= 15 is 4.39 Å². The maximum atomic E-state index is 15.7. The van der Waals surface area contributed by atoms with Crippen LogP contribution in [-0.2, 0) is 16.4 Å². The lowest BCUT2D eigenvalue weighted by molar-refractivity contribution is 0.104. The second-order valence-corrected chi connectivity index (χ2v) is 10.1. The number of halogens is 2. The number of para-hydroxylation sites is 1. The molecule has 0 aliphatic carbocycles. The van der Waals surface area contributed by atoms with Gasteiger partial charge in [0.1, 0.15) is 18.2 Å². The fourth-order valence-corrected chi connectivity index (χ4v) is 5.34. The van der Waals surface area contributed by atoms with E-state index in [4.69, 9.17) is 4.74 Å². The highest BCUT2D eigenvalue weighted by molar-refractivity contribution is 7.89. The van der Waals surface area contributed by atoms with Crippen molar-refractivity contribution in [3.8, 4) is 16.9 Å². The number of carbonyl (C=O) groups is 1. The van der Waals surface area contributed by atoms with Crippen LogP contribution in [0.15, 0.2) is 42.5 Å². The molecule has 10 heteroatoms. The van der Waals surface area contributed by atoms with Crippen molar-refractivity contribution in [1.82, 2.24) is 14.5 Å². The number of urea groups is 1. The quantitative estimate of drug-likeness (QED) is 0.734. The fourth-order valence-electron chi connectivity index (χ4n) is 4.54.